The van der Waals surface area contributed by atoms with Gasteiger partial charge in [0.1, 0.15) is 10.8 Å². The summed E-state index contributed by atoms with van der Waals surface area (Å²) in [4.78, 5) is 12.0. The van der Waals surface area contributed by atoms with Crippen LogP contribution < -0.4 is 5.32 Å². The number of H-pyrrole nitrogens is 1. The molecule has 5 nitrogen and oxygen atoms in total. The van der Waals surface area contributed by atoms with E-state index in [2.05, 4.69) is 15.5 Å². The number of aryl methyl sites for hydroxylation is 2. The summed E-state index contributed by atoms with van der Waals surface area (Å²) in [5, 5.41) is 10.5. The predicted octanol–water partition coefficient (Wildman–Crippen LogP) is 2.73. The quantitative estimate of drug-likeness (QED) is 0.833. The van der Waals surface area contributed by atoms with Gasteiger partial charge in [0.15, 0.2) is 0 Å². The predicted molar refractivity (Wildman–Crippen MR) is 79.4 cm³/mol. The van der Waals surface area contributed by atoms with Gasteiger partial charge >= 0.3 is 0 Å². The number of hydrogen-bond acceptors (Lipinski definition) is 2. The lowest BCUT2D eigenvalue weighted by atomic mass is 10.1. The zero-order valence-corrected chi connectivity index (χ0v) is 12.8. The van der Waals surface area contributed by atoms with Gasteiger partial charge in [-0.2, -0.15) is 5.10 Å². The normalized spacial score (nSPS) is 10.8. The first-order valence-corrected chi connectivity index (χ1v) is 7.04. The number of nitrogens with one attached hydrogen (secondary N) is 2. The van der Waals surface area contributed by atoms with Gasteiger partial charge in [0.25, 0.3) is 5.91 Å². The van der Waals surface area contributed by atoms with E-state index in [4.69, 9.17) is 23.2 Å². The second-order valence-electron chi connectivity index (χ2n) is 4.61. The second-order valence-corrected chi connectivity index (χ2v) is 5.37. The fourth-order valence-corrected chi connectivity index (χ4v) is 2.33. The summed E-state index contributed by atoms with van der Waals surface area (Å²) in [6, 6.07) is 1.57. The van der Waals surface area contributed by atoms with Crippen LogP contribution in [0.15, 0.2) is 12.3 Å². The maximum atomic E-state index is 12.0. The lowest BCUT2D eigenvalue weighted by Crippen LogP contribution is -2.26. The van der Waals surface area contributed by atoms with E-state index in [1.165, 1.54) is 5.56 Å². The third-order valence-electron chi connectivity index (χ3n) is 3.19. The van der Waals surface area contributed by atoms with Crippen LogP contribution in [0.3, 0.4) is 0 Å². The van der Waals surface area contributed by atoms with Crippen molar-refractivity contribution < 1.29 is 4.79 Å². The smallest absolute Gasteiger partial charge is 0.267 e. The molecule has 0 aliphatic heterocycles. The van der Waals surface area contributed by atoms with Crippen LogP contribution in [0, 0.1) is 6.92 Å². The Morgan fingerprint density at radius 2 is 2.25 bits per heavy atom. The molecule has 0 spiro atoms. The van der Waals surface area contributed by atoms with Crippen molar-refractivity contribution in [1.82, 2.24) is 20.1 Å². The molecular formula is C13H16Cl2N4O. The number of halogens is 2. The highest BCUT2D eigenvalue weighted by molar-refractivity contribution is 6.41. The van der Waals surface area contributed by atoms with E-state index >= 15 is 0 Å². The summed E-state index contributed by atoms with van der Waals surface area (Å²) in [6.45, 7) is 2.57. The molecule has 0 atom stereocenters. The third-order valence-corrected chi connectivity index (χ3v) is 4.03. The van der Waals surface area contributed by atoms with Gasteiger partial charge in [0, 0.05) is 19.3 Å². The molecule has 0 unspecified atom stereocenters. The lowest BCUT2D eigenvalue weighted by molar-refractivity contribution is 0.0945. The number of aromatic nitrogens is 3. The molecule has 0 aliphatic rings. The van der Waals surface area contributed by atoms with Crippen LogP contribution in [0.4, 0.5) is 0 Å². The molecule has 7 heteroatoms. The number of rotatable bonds is 5. The fourth-order valence-electron chi connectivity index (χ4n) is 1.96. The van der Waals surface area contributed by atoms with E-state index < -0.39 is 0 Å². The van der Waals surface area contributed by atoms with Gasteiger partial charge in [0.2, 0.25) is 0 Å². The van der Waals surface area contributed by atoms with Gasteiger partial charge in [-0.3, -0.25) is 9.89 Å². The zero-order valence-electron chi connectivity index (χ0n) is 11.3. The Balaban J connectivity index is 1.83. The molecule has 0 saturated heterocycles. The van der Waals surface area contributed by atoms with Crippen molar-refractivity contribution in [2.75, 3.05) is 6.54 Å². The van der Waals surface area contributed by atoms with Gasteiger partial charge in [-0.05, 0) is 31.4 Å². The van der Waals surface area contributed by atoms with E-state index in [-0.39, 0.29) is 5.91 Å². The monoisotopic (exact) mass is 314 g/mol. The summed E-state index contributed by atoms with van der Waals surface area (Å²) in [5.74, 6) is -0.176. The lowest BCUT2D eigenvalue weighted by Gasteiger charge is -2.06. The van der Waals surface area contributed by atoms with Gasteiger partial charge < -0.3 is 9.88 Å². The average Bonchev–Trinajstić information content (AvgIpc) is 2.94. The number of amides is 1. The molecule has 20 heavy (non-hydrogen) atoms. The van der Waals surface area contributed by atoms with E-state index in [1.54, 1.807) is 17.7 Å². The Morgan fingerprint density at radius 1 is 1.50 bits per heavy atom. The van der Waals surface area contributed by atoms with E-state index in [0.717, 1.165) is 18.5 Å². The molecule has 108 valence electrons. The van der Waals surface area contributed by atoms with Crippen LogP contribution >= 0.6 is 23.2 Å². The minimum absolute atomic E-state index is 0.176. The highest BCUT2D eigenvalue weighted by Gasteiger charge is 2.15. The summed E-state index contributed by atoms with van der Waals surface area (Å²) in [6.07, 6.45) is 3.53. The molecular weight excluding hydrogens is 299 g/mol. The molecule has 2 N–H and O–H groups in total. The Morgan fingerprint density at radius 3 is 2.80 bits per heavy atom. The molecule has 0 fully saturated rings. The molecule has 2 aromatic heterocycles. The molecule has 0 aromatic carbocycles. The van der Waals surface area contributed by atoms with Crippen molar-refractivity contribution in [3.05, 3.63) is 39.4 Å². The Labute approximate surface area is 127 Å². The number of hydrogen-bond donors (Lipinski definition) is 2. The maximum Gasteiger partial charge on any atom is 0.267 e. The molecule has 0 radical (unpaired) electrons. The Kier molecular flexibility index (Phi) is 4.73. The van der Waals surface area contributed by atoms with Crippen LogP contribution in [0.5, 0.6) is 0 Å². The molecule has 2 aromatic rings. The van der Waals surface area contributed by atoms with Crippen LogP contribution in [0.25, 0.3) is 0 Å². The standard InChI is InChI=1S/C13H16Cl2N4O/c1-8-9(7-17-18-8)4-3-5-16-13(20)11-6-10(14)12(15)19(11)2/h6-7H,3-5H2,1-2H3,(H,16,20)(H,17,18). The molecule has 0 aliphatic carbocycles. The fraction of sp³-hybridized carbons (Fsp3) is 0.385. The summed E-state index contributed by atoms with van der Waals surface area (Å²) >= 11 is 11.8. The largest absolute Gasteiger partial charge is 0.351 e. The van der Waals surface area contributed by atoms with Crippen molar-refractivity contribution in [1.29, 1.82) is 0 Å². The number of carbonyl (C=O) groups excluding carboxylic acids is 1. The van der Waals surface area contributed by atoms with Crippen molar-refractivity contribution >= 4 is 29.1 Å². The van der Waals surface area contributed by atoms with Crippen LogP contribution in [-0.2, 0) is 13.5 Å². The molecule has 2 heterocycles. The van der Waals surface area contributed by atoms with E-state index in [1.807, 2.05) is 13.1 Å². The topological polar surface area (TPSA) is 62.7 Å². The van der Waals surface area contributed by atoms with Gasteiger partial charge in [-0.15, -0.1) is 0 Å². The first-order valence-electron chi connectivity index (χ1n) is 6.28. The highest BCUT2D eigenvalue weighted by atomic mass is 35.5. The third kappa shape index (κ3) is 3.16. The van der Waals surface area contributed by atoms with Crippen LogP contribution in [0.1, 0.15) is 28.2 Å². The minimum Gasteiger partial charge on any atom is -0.351 e. The maximum absolute atomic E-state index is 12.0. The minimum atomic E-state index is -0.176. The number of nitrogens with zero attached hydrogens (tertiary/aromatic N) is 2. The highest BCUT2D eigenvalue weighted by Crippen LogP contribution is 2.24. The molecule has 0 bridgehead atoms. The van der Waals surface area contributed by atoms with Crippen LogP contribution in [0.2, 0.25) is 10.2 Å². The van der Waals surface area contributed by atoms with Crippen molar-refractivity contribution in [3.63, 3.8) is 0 Å². The average molecular weight is 315 g/mol. The second kappa shape index (κ2) is 6.33. The van der Waals surface area contributed by atoms with Gasteiger partial charge in [-0.25, -0.2) is 0 Å². The zero-order chi connectivity index (χ0) is 14.7. The first-order chi connectivity index (χ1) is 9.50. The number of aromatic amines is 1. The molecule has 0 saturated carbocycles. The van der Waals surface area contributed by atoms with E-state index in [9.17, 15) is 4.79 Å². The van der Waals surface area contributed by atoms with Crippen molar-refractivity contribution in [2.24, 2.45) is 7.05 Å². The van der Waals surface area contributed by atoms with Crippen molar-refractivity contribution in [2.45, 2.75) is 19.8 Å². The number of carbonyl (C=O) groups is 1. The summed E-state index contributed by atoms with van der Waals surface area (Å²) in [7, 11) is 1.71. The van der Waals surface area contributed by atoms with E-state index in [0.29, 0.717) is 22.4 Å². The SMILES string of the molecule is Cc1[nH]ncc1CCCNC(=O)c1cc(Cl)c(Cl)n1C. The first kappa shape index (κ1) is 14.9. The Hall–Kier alpha value is -1.46. The van der Waals surface area contributed by atoms with Gasteiger partial charge in [0.05, 0.1) is 11.2 Å². The van der Waals surface area contributed by atoms with Crippen LogP contribution in [-0.4, -0.2) is 27.2 Å². The Bertz CT molecular complexity index is 618. The summed E-state index contributed by atoms with van der Waals surface area (Å²) < 4.78 is 1.57. The van der Waals surface area contributed by atoms with Crippen molar-refractivity contribution in [3.8, 4) is 0 Å². The summed E-state index contributed by atoms with van der Waals surface area (Å²) in [5.41, 5.74) is 2.70. The molecule has 1 amide bonds. The van der Waals surface area contributed by atoms with Gasteiger partial charge in [-0.1, -0.05) is 23.2 Å². The molecule has 2 rings (SSSR count).